The van der Waals surface area contributed by atoms with Crippen LogP contribution in [0.25, 0.3) is 0 Å². The molecule has 0 spiro atoms. The first kappa shape index (κ1) is 13.7. The van der Waals surface area contributed by atoms with Crippen LogP contribution in [-0.2, 0) is 9.47 Å². The molecule has 0 saturated heterocycles. The van der Waals surface area contributed by atoms with Crippen LogP contribution in [-0.4, -0.2) is 19.0 Å². The summed E-state index contributed by atoms with van der Waals surface area (Å²) in [7, 11) is 0. The maximum atomic E-state index is 6.00. The molecule has 0 amide bonds. The monoisotopic (exact) mass is 226 g/mol. The lowest BCUT2D eigenvalue weighted by Gasteiger charge is -2.35. The van der Waals surface area contributed by atoms with Gasteiger partial charge in [0.15, 0.2) is 6.29 Å². The largest absolute Gasteiger partial charge is 0.353 e. The fraction of sp³-hybridized carbons (Fsp3) is 0.857. The predicted molar refractivity (Wildman–Crippen MR) is 67.3 cm³/mol. The van der Waals surface area contributed by atoms with Gasteiger partial charge in [-0.2, -0.15) is 0 Å². The van der Waals surface area contributed by atoms with Crippen LogP contribution in [0.2, 0.25) is 0 Å². The molecule has 0 aromatic carbocycles. The molecular formula is C14H26O2. The Kier molecular flexibility index (Phi) is 5.50. The molecule has 16 heavy (non-hydrogen) atoms. The first-order chi connectivity index (χ1) is 7.56. The van der Waals surface area contributed by atoms with Crippen molar-refractivity contribution in [2.45, 2.75) is 59.9 Å². The Balaban J connectivity index is 2.50. The van der Waals surface area contributed by atoms with Gasteiger partial charge in [-0.05, 0) is 44.1 Å². The molecule has 0 aliphatic heterocycles. The Hall–Kier alpha value is -0.340. The number of hydrogen-bond donors (Lipinski definition) is 0. The zero-order valence-electron chi connectivity index (χ0n) is 11.3. The third-order valence-corrected chi connectivity index (χ3v) is 3.53. The molecule has 0 heterocycles. The van der Waals surface area contributed by atoms with Crippen LogP contribution >= 0.6 is 0 Å². The Morgan fingerprint density at radius 1 is 1.44 bits per heavy atom. The highest BCUT2D eigenvalue weighted by molar-refractivity contribution is 5.11. The zero-order chi connectivity index (χ0) is 12.1. The molecule has 2 heteroatoms. The van der Waals surface area contributed by atoms with Crippen molar-refractivity contribution in [1.82, 2.24) is 0 Å². The summed E-state index contributed by atoms with van der Waals surface area (Å²) in [6.45, 7) is 11.6. The van der Waals surface area contributed by atoms with Gasteiger partial charge in [0.05, 0.1) is 6.10 Å². The molecule has 0 N–H and O–H groups in total. The second-order valence-corrected chi connectivity index (χ2v) is 5.02. The second kappa shape index (κ2) is 6.41. The first-order valence-corrected chi connectivity index (χ1v) is 6.50. The van der Waals surface area contributed by atoms with E-state index in [1.54, 1.807) is 0 Å². The molecule has 4 atom stereocenters. The lowest BCUT2D eigenvalue weighted by atomic mass is 9.80. The van der Waals surface area contributed by atoms with Gasteiger partial charge in [-0.25, -0.2) is 0 Å². The quantitative estimate of drug-likeness (QED) is 0.525. The lowest BCUT2D eigenvalue weighted by molar-refractivity contribution is -0.166. The molecule has 1 aliphatic carbocycles. The average molecular weight is 226 g/mol. The maximum Gasteiger partial charge on any atom is 0.155 e. The van der Waals surface area contributed by atoms with E-state index in [1.807, 2.05) is 6.92 Å². The van der Waals surface area contributed by atoms with Gasteiger partial charge in [0.25, 0.3) is 0 Å². The summed E-state index contributed by atoms with van der Waals surface area (Å²) in [4.78, 5) is 0. The van der Waals surface area contributed by atoms with Gasteiger partial charge in [-0.3, -0.25) is 0 Å². The van der Waals surface area contributed by atoms with Crippen molar-refractivity contribution < 1.29 is 9.47 Å². The highest BCUT2D eigenvalue weighted by Crippen LogP contribution is 2.32. The number of rotatable bonds is 5. The summed E-state index contributed by atoms with van der Waals surface area (Å²) in [6.07, 6.45) is 4.66. The summed E-state index contributed by atoms with van der Waals surface area (Å²) in [5.41, 5.74) is 1.36. The fourth-order valence-corrected chi connectivity index (χ4v) is 2.18. The lowest BCUT2D eigenvalue weighted by Crippen LogP contribution is -2.34. The van der Waals surface area contributed by atoms with E-state index in [4.69, 9.17) is 9.47 Å². The molecule has 94 valence electrons. The van der Waals surface area contributed by atoms with E-state index >= 15 is 0 Å². The standard InChI is InChI=1S/C14H26O2/c1-6-9-15-13(5)16-14-11(3)8-7-10(2)12(14)4/h8,10,12-14H,6-7,9H2,1-5H3. The van der Waals surface area contributed by atoms with E-state index in [2.05, 4.69) is 33.8 Å². The topological polar surface area (TPSA) is 18.5 Å². The van der Waals surface area contributed by atoms with E-state index in [0.717, 1.165) is 13.0 Å². The van der Waals surface area contributed by atoms with E-state index in [-0.39, 0.29) is 12.4 Å². The summed E-state index contributed by atoms with van der Waals surface area (Å²) in [5, 5.41) is 0. The normalized spacial score (nSPS) is 32.3. The van der Waals surface area contributed by atoms with Crippen molar-refractivity contribution in [2.75, 3.05) is 6.61 Å². The van der Waals surface area contributed by atoms with Gasteiger partial charge < -0.3 is 9.47 Å². The summed E-state index contributed by atoms with van der Waals surface area (Å²) >= 11 is 0. The Morgan fingerprint density at radius 3 is 2.75 bits per heavy atom. The van der Waals surface area contributed by atoms with Gasteiger partial charge in [0, 0.05) is 6.61 Å². The molecule has 2 nitrogen and oxygen atoms in total. The number of hydrogen-bond acceptors (Lipinski definition) is 2. The van der Waals surface area contributed by atoms with Crippen LogP contribution in [0.4, 0.5) is 0 Å². The van der Waals surface area contributed by atoms with Crippen LogP contribution in [0.15, 0.2) is 11.6 Å². The Morgan fingerprint density at radius 2 is 2.12 bits per heavy atom. The average Bonchev–Trinajstić information content (AvgIpc) is 2.27. The maximum absolute atomic E-state index is 6.00. The van der Waals surface area contributed by atoms with E-state index in [0.29, 0.717) is 11.8 Å². The van der Waals surface area contributed by atoms with Gasteiger partial charge in [-0.15, -0.1) is 0 Å². The van der Waals surface area contributed by atoms with Crippen molar-refractivity contribution in [2.24, 2.45) is 11.8 Å². The number of ether oxygens (including phenoxy) is 2. The van der Waals surface area contributed by atoms with Crippen molar-refractivity contribution in [3.05, 3.63) is 11.6 Å². The van der Waals surface area contributed by atoms with E-state index < -0.39 is 0 Å². The van der Waals surface area contributed by atoms with Crippen LogP contribution in [0.5, 0.6) is 0 Å². The molecule has 1 aliphatic rings. The van der Waals surface area contributed by atoms with Crippen molar-refractivity contribution in [3.63, 3.8) is 0 Å². The van der Waals surface area contributed by atoms with Crippen molar-refractivity contribution >= 4 is 0 Å². The van der Waals surface area contributed by atoms with Gasteiger partial charge in [-0.1, -0.05) is 26.8 Å². The molecule has 0 bridgehead atoms. The smallest absolute Gasteiger partial charge is 0.155 e. The molecule has 0 radical (unpaired) electrons. The van der Waals surface area contributed by atoms with Crippen molar-refractivity contribution in [1.29, 1.82) is 0 Å². The number of allylic oxidation sites excluding steroid dienone is 1. The van der Waals surface area contributed by atoms with E-state index in [1.165, 1.54) is 12.0 Å². The first-order valence-electron chi connectivity index (χ1n) is 6.50. The van der Waals surface area contributed by atoms with Crippen LogP contribution in [0.3, 0.4) is 0 Å². The van der Waals surface area contributed by atoms with Gasteiger partial charge in [0.1, 0.15) is 0 Å². The minimum absolute atomic E-state index is 0.0962. The second-order valence-electron chi connectivity index (χ2n) is 5.02. The minimum atomic E-state index is -0.0962. The molecule has 4 unspecified atom stereocenters. The molecule has 0 aromatic heterocycles. The van der Waals surface area contributed by atoms with Crippen LogP contribution < -0.4 is 0 Å². The van der Waals surface area contributed by atoms with Crippen LogP contribution in [0, 0.1) is 11.8 Å². The SMILES string of the molecule is CCCOC(C)OC1C(C)=CCC(C)C1C. The predicted octanol–water partition coefficient (Wildman–Crippen LogP) is 3.77. The zero-order valence-corrected chi connectivity index (χ0v) is 11.3. The molecule has 1 rings (SSSR count). The molecular weight excluding hydrogens is 200 g/mol. The molecule has 0 aromatic rings. The third kappa shape index (κ3) is 3.60. The third-order valence-electron chi connectivity index (χ3n) is 3.53. The van der Waals surface area contributed by atoms with Crippen LogP contribution in [0.1, 0.15) is 47.5 Å². The van der Waals surface area contributed by atoms with Gasteiger partial charge >= 0.3 is 0 Å². The Bertz CT molecular complexity index is 235. The van der Waals surface area contributed by atoms with E-state index in [9.17, 15) is 0 Å². The van der Waals surface area contributed by atoms with Crippen molar-refractivity contribution in [3.8, 4) is 0 Å². The summed E-state index contributed by atoms with van der Waals surface area (Å²) in [6, 6.07) is 0. The summed E-state index contributed by atoms with van der Waals surface area (Å²) < 4.78 is 11.6. The molecule has 0 saturated carbocycles. The molecule has 0 fully saturated rings. The Labute approximate surface area is 100 Å². The summed E-state index contributed by atoms with van der Waals surface area (Å²) in [5.74, 6) is 1.28. The fourth-order valence-electron chi connectivity index (χ4n) is 2.18. The minimum Gasteiger partial charge on any atom is -0.353 e. The highest BCUT2D eigenvalue weighted by Gasteiger charge is 2.29. The highest BCUT2D eigenvalue weighted by atomic mass is 16.7. The van der Waals surface area contributed by atoms with Gasteiger partial charge in [0.2, 0.25) is 0 Å².